The Balaban J connectivity index is 1.71. The van der Waals surface area contributed by atoms with Gasteiger partial charge in [-0.25, -0.2) is 19.1 Å². The molecule has 3 aromatic rings. The van der Waals surface area contributed by atoms with E-state index in [1.165, 1.54) is 72.6 Å². The average Bonchev–Trinajstić information content (AvgIpc) is 2.96. The fraction of sp³-hybridized carbons (Fsp3) is 0.379. The highest BCUT2D eigenvalue weighted by molar-refractivity contribution is 9.10. The largest absolute Gasteiger partial charge is 0.424 e. The Labute approximate surface area is 252 Å². The minimum Gasteiger partial charge on any atom is -0.424 e. The van der Waals surface area contributed by atoms with Crippen molar-refractivity contribution in [1.29, 1.82) is 0 Å². The predicted octanol–water partition coefficient (Wildman–Crippen LogP) is 8.39. The number of amides is 3. The van der Waals surface area contributed by atoms with Gasteiger partial charge in [-0.15, -0.1) is 0 Å². The summed E-state index contributed by atoms with van der Waals surface area (Å²) in [5.41, 5.74) is 0.699. The third-order valence-corrected chi connectivity index (χ3v) is 7.68. The summed E-state index contributed by atoms with van der Waals surface area (Å²) >= 11 is 4.58. The van der Waals surface area contributed by atoms with Gasteiger partial charge in [0.25, 0.3) is 11.6 Å². The number of nitrogens with zero attached hydrogens (tertiary/aromatic N) is 4. The zero-order chi connectivity index (χ0) is 29.6. The van der Waals surface area contributed by atoms with Crippen LogP contribution in [0.1, 0.15) is 74.2 Å². The van der Waals surface area contributed by atoms with Gasteiger partial charge in [0.1, 0.15) is 11.3 Å². The number of hydrogen-bond acceptors (Lipinski definition) is 8. The number of nitro benzene ring substituents is 1. The smallest absolute Gasteiger partial charge is 0.339 e. The molecule has 0 saturated heterocycles. The fourth-order valence-electron chi connectivity index (χ4n) is 4.01. The van der Waals surface area contributed by atoms with E-state index in [-0.39, 0.29) is 17.3 Å². The molecule has 1 N–H and O–H groups in total. The molecule has 0 aliphatic carbocycles. The number of anilines is 1. The van der Waals surface area contributed by atoms with Crippen molar-refractivity contribution >= 4 is 51.2 Å². The summed E-state index contributed by atoms with van der Waals surface area (Å²) in [6.45, 7) is 4.03. The van der Waals surface area contributed by atoms with Crippen LogP contribution in [-0.4, -0.2) is 32.6 Å². The monoisotopic (exact) mass is 643 g/mol. The van der Waals surface area contributed by atoms with Gasteiger partial charge in [0.2, 0.25) is 0 Å². The number of nitro groups is 1. The van der Waals surface area contributed by atoms with Crippen LogP contribution in [0.5, 0.6) is 11.8 Å². The number of aromatic nitrogens is 2. The topological polar surface area (TPSA) is 128 Å². The lowest BCUT2D eigenvalue weighted by atomic mass is 10.1. The van der Waals surface area contributed by atoms with Crippen LogP contribution in [0.3, 0.4) is 0 Å². The SMILES string of the molecule is CCCCCCCCCCSN(C(=O)NC(=O)c1ccccc1[N+](=O)[O-])c1ccc(Oc2ncc(Br)cn2)c(C)c1. The van der Waals surface area contributed by atoms with Crippen LogP contribution < -0.4 is 14.4 Å². The van der Waals surface area contributed by atoms with Crippen molar-refractivity contribution in [2.45, 2.75) is 65.2 Å². The van der Waals surface area contributed by atoms with Crippen molar-refractivity contribution in [3.63, 3.8) is 0 Å². The Bertz CT molecular complexity index is 1330. The van der Waals surface area contributed by atoms with Crippen molar-refractivity contribution in [2.24, 2.45) is 0 Å². The molecule has 0 fully saturated rings. The normalized spacial score (nSPS) is 10.7. The number of para-hydroxylation sites is 1. The lowest BCUT2D eigenvalue weighted by Gasteiger charge is -2.22. The first-order valence-electron chi connectivity index (χ1n) is 13.6. The van der Waals surface area contributed by atoms with Gasteiger partial charge in [-0.05, 0) is 71.1 Å². The summed E-state index contributed by atoms with van der Waals surface area (Å²) in [5.74, 6) is 0.330. The van der Waals surface area contributed by atoms with Crippen LogP contribution in [0.4, 0.5) is 16.2 Å². The zero-order valence-electron chi connectivity index (χ0n) is 23.2. The maximum Gasteiger partial charge on any atom is 0.339 e. The molecule has 10 nitrogen and oxygen atoms in total. The second-order valence-corrected chi connectivity index (χ2v) is 11.3. The highest BCUT2D eigenvalue weighted by Crippen LogP contribution is 2.31. The quantitative estimate of drug-likeness (QED) is 0.0756. The van der Waals surface area contributed by atoms with E-state index in [1.54, 1.807) is 30.6 Å². The minimum absolute atomic E-state index is 0.178. The molecule has 0 saturated carbocycles. The maximum atomic E-state index is 13.3. The molecule has 0 aliphatic heterocycles. The van der Waals surface area contributed by atoms with Gasteiger partial charge in [-0.3, -0.25) is 20.2 Å². The van der Waals surface area contributed by atoms with Crippen molar-refractivity contribution in [1.82, 2.24) is 15.3 Å². The first-order chi connectivity index (χ1) is 19.8. The van der Waals surface area contributed by atoms with Crippen LogP contribution >= 0.6 is 27.9 Å². The Hall–Kier alpha value is -3.51. The number of carbonyl (C=O) groups excluding carboxylic acids is 2. The lowest BCUT2D eigenvalue weighted by Crippen LogP contribution is -2.40. The minimum atomic E-state index is -0.843. The molecule has 0 atom stereocenters. The molecule has 41 heavy (non-hydrogen) atoms. The summed E-state index contributed by atoms with van der Waals surface area (Å²) < 4.78 is 7.92. The summed E-state index contributed by atoms with van der Waals surface area (Å²) in [4.78, 5) is 45.2. The highest BCUT2D eigenvalue weighted by atomic mass is 79.9. The molecule has 3 rings (SSSR count). The summed E-state index contributed by atoms with van der Waals surface area (Å²) in [6, 6.07) is 10.2. The van der Waals surface area contributed by atoms with Gasteiger partial charge in [0.15, 0.2) is 0 Å². The number of imide groups is 1. The molecular weight excluding hydrogens is 610 g/mol. The van der Waals surface area contributed by atoms with E-state index in [0.717, 1.165) is 29.3 Å². The molecule has 0 unspecified atom stereocenters. The Morgan fingerprint density at radius 1 is 1.02 bits per heavy atom. The van der Waals surface area contributed by atoms with E-state index < -0.39 is 16.9 Å². The summed E-state index contributed by atoms with van der Waals surface area (Å²) in [6.07, 6.45) is 12.4. The van der Waals surface area contributed by atoms with Crippen molar-refractivity contribution in [3.05, 3.63) is 80.6 Å². The molecule has 12 heteroatoms. The Morgan fingerprint density at radius 2 is 1.68 bits per heavy atom. The summed E-state index contributed by atoms with van der Waals surface area (Å²) in [5, 5.41) is 13.7. The highest BCUT2D eigenvalue weighted by Gasteiger charge is 2.25. The number of hydrogen-bond donors (Lipinski definition) is 1. The Kier molecular flexibility index (Phi) is 13.0. The van der Waals surface area contributed by atoms with Crippen molar-refractivity contribution < 1.29 is 19.2 Å². The number of urea groups is 1. The number of benzene rings is 2. The number of halogens is 1. The van der Waals surface area contributed by atoms with Gasteiger partial charge >= 0.3 is 12.0 Å². The molecule has 1 heterocycles. The van der Waals surface area contributed by atoms with Gasteiger partial charge in [-0.2, -0.15) is 0 Å². The van der Waals surface area contributed by atoms with Gasteiger partial charge in [0, 0.05) is 24.2 Å². The number of ether oxygens (including phenoxy) is 1. The molecule has 0 aliphatic rings. The molecule has 218 valence electrons. The predicted molar refractivity (Wildman–Crippen MR) is 164 cm³/mol. The molecular formula is C29H34BrN5O5S. The van der Waals surface area contributed by atoms with Crippen LogP contribution in [0.25, 0.3) is 0 Å². The Morgan fingerprint density at radius 3 is 2.34 bits per heavy atom. The first-order valence-corrected chi connectivity index (χ1v) is 15.3. The average molecular weight is 645 g/mol. The number of unbranched alkanes of at least 4 members (excludes halogenated alkanes) is 7. The zero-order valence-corrected chi connectivity index (χ0v) is 25.6. The first kappa shape index (κ1) is 32.0. The summed E-state index contributed by atoms with van der Waals surface area (Å²) in [7, 11) is 0. The van der Waals surface area contributed by atoms with Gasteiger partial charge < -0.3 is 4.74 Å². The number of carbonyl (C=O) groups is 2. The fourth-order valence-corrected chi connectivity index (χ4v) is 5.15. The van der Waals surface area contributed by atoms with Crippen molar-refractivity contribution in [2.75, 3.05) is 10.1 Å². The second-order valence-electron chi connectivity index (χ2n) is 9.37. The van der Waals surface area contributed by atoms with Crippen LogP contribution in [0.2, 0.25) is 0 Å². The lowest BCUT2D eigenvalue weighted by molar-refractivity contribution is -0.385. The van der Waals surface area contributed by atoms with Gasteiger partial charge in [0.05, 0.1) is 15.1 Å². The van der Waals surface area contributed by atoms with Gasteiger partial charge in [-0.1, -0.05) is 64.0 Å². The molecule has 0 spiro atoms. The molecule has 0 bridgehead atoms. The molecule has 1 aromatic heterocycles. The van der Waals surface area contributed by atoms with Crippen LogP contribution in [0.15, 0.2) is 59.3 Å². The third kappa shape index (κ3) is 10.1. The van der Waals surface area contributed by atoms with Crippen LogP contribution in [0, 0.1) is 17.0 Å². The van der Waals surface area contributed by atoms with Crippen LogP contribution in [-0.2, 0) is 0 Å². The van der Waals surface area contributed by atoms with E-state index in [0.29, 0.717) is 17.2 Å². The molecule has 2 aromatic carbocycles. The number of aryl methyl sites for hydroxylation is 1. The van der Waals surface area contributed by atoms with E-state index in [9.17, 15) is 19.7 Å². The molecule has 3 amide bonds. The third-order valence-electron chi connectivity index (χ3n) is 6.16. The second kappa shape index (κ2) is 16.7. The van der Waals surface area contributed by atoms with E-state index in [2.05, 4.69) is 38.1 Å². The molecule has 0 radical (unpaired) electrons. The van der Waals surface area contributed by atoms with E-state index >= 15 is 0 Å². The van der Waals surface area contributed by atoms with E-state index in [4.69, 9.17) is 4.74 Å². The number of rotatable bonds is 15. The standard InChI is InChI=1S/C29H34BrN5O5S/c1-3-4-5-6-7-8-9-12-17-41-34(29(37)33-27(36)24-13-10-11-14-25(24)35(38)39)23-15-16-26(21(2)18-23)40-28-31-19-22(30)20-32-28/h10-11,13-16,18-20H,3-9,12,17H2,1-2H3,(H,33,36,37). The maximum absolute atomic E-state index is 13.3. The van der Waals surface area contributed by atoms with Crippen molar-refractivity contribution in [3.8, 4) is 11.8 Å². The number of nitrogens with one attached hydrogen (secondary N) is 1. The van der Waals surface area contributed by atoms with E-state index in [1.807, 2.05) is 6.92 Å².